The third kappa shape index (κ3) is 3.29. The van der Waals surface area contributed by atoms with Gasteiger partial charge in [0.1, 0.15) is 5.76 Å². The van der Waals surface area contributed by atoms with Crippen molar-refractivity contribution < 1.29 is 18.0 Å². The normalized spacial score (nSPS) is 10.7. The molecule has 2 aromatic heterocycles. The van der Waals surface area contributed by atoms with E-state index < -0.39 is 17.5 Å². The molecular formula is C16H12F2N2O2S. The summed E-state index contributed by atoms with van der Waals surface area (Å²) in [5, 5.41) is 4.62. The molecule has 23 heavy (non-hydrogen) atoms. The largest absolute Gasteiger partial charge is 0.456 e. The number of furan rings is 1. The van der Waals surface area contributed by atoms with Gasteiger partial charge in [-0.05, 0) is 30.3 Å². The van der Waals surface area contributed by atoms with Crippen LogP contribution in [0, 0.1) is 11.6 Å². The monoisotopic (exact) mass is 334 g/mol. The number of rotatable bonds is 4. The van der Waals surface area contributed by atoms with Gasteiger partial charge in [-0.3, -0.25) is 10.1 Å². The number of anilines is 1. The Bertz CT molecular complexity index is 857. The first-order chi connectivity index (χ1) is 11.1. The van der Waals surface area contributed by atoms with Gasteiger partial charge in [0, 0.05) is 17.4 Å². The lowest BCUT2D eigenvalue weighted by Gasteiger charge is -1.99. The number of nitrogens with zero attached hydrogens (tertiary/aromatic N) is 1. The van der Waals surface area contributed by atoms with Gasteiger partial charge in [-0.2, -0.15) is 0 Å². The van der Waals surface area contributed by atoms with Gasteiger partial charge in [0.05, 0.1) is 5.69 Å². The molecule has 0 aliphatic carbocycles. The van der Waals surface area contributed by atoms with E-state index in [0.29, 0.717) is 22.8 Å². The van der Waals surface area contributed by atoms with Crippen molar-refractivity contribution in [2.45, 2.75) is 13.3 Å². The molecule has 0 saturated carbocycles. The number of aryl methyl sites for hydroxylation is 1. The molecule has 0 radical (unpaired) electrons. The molecule has 0 atom stereocenters. The molecule has 1 amide bonds. The van der Waals surface area contributed by atoms with E-state index in [9.17, 15) is 13.6 Å². The fourth-order valence-electron chi connectivity index (χ4n) is 1.97. The first-order valence-electron chi connectivity index (χ1n) is 6.88. The summed E-state index contributed by atoms with van der Waals surface area (Å²) in [5.74, 6) is -1.34. The Hall–Kier alpha value is -2.54. The van der Waals surface area contributed by atoms with Crippen LogP contribution in [0.3, 0.4) is 0 Å². The highest BCUT2D eigenvalue weighted by Gasteiger charge is 2.14. The van der Waals surface area contributed by atoms with E-state index in [1.165, 1.54) is 17.4 Å². The molecule has 0 bridgehead atoms. The molecule has 3 rings (SSSR count). The topological polar surface area (TPSA) is 55.1 Å². The summed E-state index contributed by atoms with van der Waals surface area (Å²) in [6.07, 6.45) is 0.699. The van der Waals surface area contributed by atoms with Gasteiger partial charge in [-0.15, -0.1) is 11.3 Å². The van der Waals surface area contributed by atoms with Crippen LogP contribution in [-0.2, 0) is 6.42 Å². The fourth-order valence-corrected chi connectivity index (χ4v) is 2.68. The van der Waals surface area contributed by atoms with Crippen LogP contribution in [0.15, 0.2) is 40.1 Å². The van der Waals surface area contributed by atoms with E-state index in [2.05, 4.69) is 10.3 Å². The zero-order valence-electron chi connectivity index (χ0n) is 12.1. The summed E-state index contributed by atoms with van der Waals surface area (Å²) in [6.45, 7) is 1.93. The van der Waals surface area contributed by atoms with Crippen LogP contribution in [0.1, 0.15) is 23.2 Å². The minimum atomic E-state index is -0.941. The molecule has 0 aliphatic heterocycles. The van der Waals surface area contributed by atoms with Gasteiger partial charge in [-0.25, -0.2) is 13.8 Å². The number of halogens is 2. The van der Waals surface area contributed by atoms with Crippen molar-refractivity contribution in [3.8, 4) is 11.3 Å². The molecule has 118 valence electrons. The van der Waals surface area contributed by atoms with Crippen molar-refractivity contribution in [3.63, 3.8) is 0 Å². The van der Waals surface area contributed by atoms with Gasteiger partial charge in [0.25, 0.3) is 5.91 Å². The molecule has 0 spiro atoms. The molecule has 1 N–H and O–H groups in total. The van der Waals surface area contributed by atoms with Crippen LogP contribution in [0.5, 0.6) is 0 Å². The Morgan fingerprint density at radius 3 is 2.78 bits per heavy atom. The number of carbonyl (C=O) groups is 1. The molecule has 0 saturated heterocycles. The molecule has 4 nitrogen and oxygen atoms in total. The lowest BCUT2D eigenvalue weighted by atomic mass is 10.2. The maximum atomic E-state index is 13.3. The number of benzene rings is 1. The second-order valence-corrected chi connectivity index (χ2v) is 5.60. The molecule has 0 aliphatic rings. The van der Waals surface area contributed by atoms with Gasteiger partial charge in [0.2, 0.25) is 0 Å². The summed E-state index contributed by atoms with van der Waals surface area (Å²) in [4.78, 5) is 16.2. The van der Waals surface area contributed by atoms with E-state index >= 15 is 0 Å². The van der Waals surface area contributed by atoms with Crippen molar-refractivity contribution in [1.29, 1.82) is 0 Å². The summed E-state index contributed by atoms with van der Waals surface area (Å²) in [5.41, 5.74) is 0.893. The summed E-state index contributed by atoms with van der Waals surface area (Å²) >= 11 is 1.19. The lowest BCUT2D eigenvalue weighted by Crippen LogP contribution is -2.10. The maximum Gasteiger partial charge on any atom is 0.293 e. The summed E-state index contributed by atoms with van der Waals surface area (Å²) < 4.78 is 31.6. The van der Waals surface area contributed by atoms with Crippen LogP contribution >= 0.6 is 11.3 Å². The Labute approximate surface area is 134 Å². The highest BCUT2D eigenvalue weighted by Crippen LogP contribution is 2.26. The predicted molar refractivity (Wildman–Crippen MR) is 83.5 cm³/mol. The minimum Gasteiger partial charge on any atom is -0.456 e. The second-order valence-electron chi connectivity index (χ2n) is 4.74. The number of amides is 1. The van der Waals surface area contributed by atoms with Crippen LogP contribution in [-0.4, -0.2) is 10.9 Å². The second kappa shape index (κ2) is 6.29. The Kier molecular flexibility index (Phi) is 4.20. The summed E-state index contributed by atoms with van der Waals surface area (Å²) in [6, 6.07) is 6.87. The molecule has 1 aromatic carbocycles. The molecule has 2 heterocycles. The third-order valence-electron chi connectivity index (χ3n) is 3.17. The Balaban J connectivity index is 1.76. The van der Waals surface area contributed by atoms with E-state index in [0.717, 1.165) is 17.9 Å². The highest BCUT2D eigenvalue weighted by atomic mass is 32.1. The van der Waals surface area contributed by atoms with E-state index in [1.54, 1.807) is 17.5 Å². The lowest BCUT2D eigenvalue weighted by molar-refractivity contribution is 0.0995. The number of hydrogen-bond acceptors (Lipinski definition) is 4. The predicted octanol–water partition coefficient (Wildman–Crippen LogP) is 4.50. The average Bonchev–Trinajstić information content (AvgIpc) is 3.19. The third-order valence-corrected chi connectivity index (χ3v) is 3.93. The van der Waals surface area contributed by atoms with Crippen molar-refractivity contribution in [1.82, 2.24) is 4.98 Å². The van der Waals surface area contributed by atoms with Gasteiger partial charge >= 0.3 is 0 Å². The zero-order chi connectivity index (χ0) is 16.4. The number of aromatic nitrogens is 1. The van der Waals surface area contributed by atoms with Crippen molar-refractivity contribution >= 4 is 22.4 Å². The Morgan fingerprint density at radius 2 is 2.09 bits per heavy atom. The van der Waals surface area contributed by atoms with Crippen LogP contribution in [0.2, 0.25) is 0 Å². The smallest absolute Gasteiger partial charge is 0.293 e. The maximum absolute atomic E-state index is 13.3. The zero-order valence-corrected chi connectivity index (χ0v) is 12.9. The van der Waals surface area contributed by atoms with E-state index in [1.807, 2.05) is 6.92 Å². The number of thiazole rings is 1. The van der Waals surface area contributed by atoms with Gasteiger partial charge < -0.3 is 4.42 Å². The number of hydrogen-bond donors (Lipinski definition) is 1. The van der Waals surface area contributed by atoms with Crippen LogP contribution in [0.4, 0.5) is 13.9 Å². The molecule has 3 aromatic rings. The standard InChI is InChI=1S/C16H12F2N2O2S/c1-2-10-4-6-14(22-10)15(21)20-16-19-13(8-23-16)9-3-5-11(17)12(18)7-9/h3-8H,2H2,1H3,(H,19,20,21). The summed E-state index contributed by atoms with van der Waals surface area (Å²) in [7, 11) is 0. The van der Waals surface area contributed by atoms with E-state index in [-0.39, 0.29) is 5.76 Å². The van der Waals surface area contributed by atoms with Crippen LogP contribution < -0.4 is 5.32 Å². The fraction of sp³-hybridized carbons (Fsp3) is 0.125. The number of carbonyl (C=O) groups excluding carboxylic acids is 1. The highest BCUT2D eigenvalue weighted by molar-refractivity contribution is 7.14. The van der Waals surface area contributed by atoms with Crippen molar-refractivity contribution in [2.24, 2.45) is 0 Å². The molecular weight excluding hydrogens is 322 g/mol. The van der Waals surface area contributed by atoms with Gasteiger partial charge in [0.15, 0.2) is 22.5 Å². The number of nitrogens with one attached hydrogen (secondary N) is 1. The molecule has 0 unspecified atom stereocenters. The molecule has 7 heteroatoms. The molecule has 0 fully saturated rings. The first-order valence-corrected chi connectivity index (χ1v) is 7.76. The van der Waals surface area contributed by atoms with Gasteiger partial charge in [-0.1, -0.05) is 6.92 Å². The minimum absolute atomic E-state index is 0.200. The van der Waals surface area contributed by atoms with Crippen molar-refractivity contribution in [3.05, 3.63) is 58.9 Å². The van der Waals surface area contributed by atoms with Crippen molar-refractivity contribution in [2.75, 3.05) is 5.32 Å². The first kappa shape index (κ1) is 15.4. The average molecular weight is 334 g/mol. The van der Waals surface area contributed by atoms with Crippen LogP contribution in [0.25, 0.3) is 11.3 Å². The van der Waals surface area contributed by atoms with E-state index in [4.69, 9.17) is 4.42 Å². The Morgan fingerprint density at radius 1 is 1.26 bits per heavy atom. The SMILES string of the molecule is CCc1ccc(C(=O)Nc2nc(-c3ccc(F)c(F)c3)cs2)o1. The quantitative estimate of drug-likeness (QED) is 0.764.